The molecule has 0 spiro atoms. The summed E-state index contributed by atoms with van der Waals surface area (Å²) in [5, 5.41) is 17.9. The summed E-state index contributed by atoms with van der Waals surface area (Å²) in [4.78, 5) is 0. The molecule has 0 aliphatic rings. The number of rotatable bonds is 4. The minimum atomic E-state index is -1.51. The van der Waals surface area contributed by atoms with Crippen LogP contribution >= 0.6 is 0 Å². The minimum Gasteiger partial charge on any atom is -0.0656 e. The van der Waals surface area contributed by atoms with Crippen molar-refractivity contribution < 1.29 is 0 Å². The van der Waals surface area contributed by atoms with Gasteiger partial charge in [-0.15, -0.1) is 0 Å². The predicted molar refractivity (Wildman–Crippen MR) is 188 cm³/mol. The molecular formula is C34H46Si4. The van der Waals surface area contributed by atoms with Crippen molar-refractivity contribution in [3.05, 3.63) is 60.7 Å². The molecule has 0 aliphatic carbocycles. The fraction of sp³-hybridized carbons (Fsp3) is 0.353. The molecule has 5 aromatic carbocycles. The van der Waals surface area contributed by atoms with Crippen LogP contribution in [0, 0.1) is 0 Å². The van der Waals surface area contributed by atoms with E-state index in [0.717, 1.165) is 0 Å². The van der Waals surface area contributed by atoms with Gasteiger partial charge in [0.05, 0.1) is 32.3 Å². The summed E-state index contributed by atoms with van der Waals surface area (Å²) in [5.41, 5.74) is 0. The molecular weight excluding hydrogens is 521 g/mol. The largest absolute Gasteiger partial charge is 0.0774 e. The van der Waals surface area contributed by atoms with E-state index >= 15 is 0 Å². The summed E-state index contributed by atoms with van der Waals surface area (Å²) in [6.07, 6.45) is 0. The Morgan fingerprint density at radius 2 is 0.658 bits per heavy atom. The standard InChI is InChI=1S/C34H46Si4/c1-35(2,3)30-19-24-16-18-27-26(28(24)21-32(30)37(7,8)9)17-15-23-13-14-25-20-31(36(4,5)6)33(38(10,11)12)22-29(25)34(23)27/h13-22H,1-12H3. The Hall–Kier alpha value is -1.99. The van der Waals surface area contributed by atoms with Gasteiger partial charge in [-0.2, -0.15) is 0 Å². The van der Waals surface area contributed by atoms with Crippen LogP contribution in [0.4, 0.5) is 0 Å². The van der Waals surface area contributed by atoms with Crippen LogP contribution in [-0.4, -0.2) is 32.3 Å². The number of fused-ring (bicyclic) bond motifs is 7. The van der Waals surface area contributed by atoms with Crippen LogP contribution in [0.25, 0.3) is 43.1 Å². The predicted octanol–water partition coefficient (Wildman–Crippen LogP) is 8.48. The van der Waals surface area contributed by atoms with Crippen molar-refractivity contribution in [3.8, 4) is 0 Å². The van der Waals surface area contributed by atoms with Crippen molar-refractivity contribution in [1.82, 2.24) is 0 Å². The second kappa shape index (κ2) is 8.75. The SMILES string of the molecule is C[Si](C)(C)c1cc2ccc3c(ccc4ccc5cc([Si](C)(C)C)c([Si](C)(C)C)cc5c43)c2cc1[Si](C)(C)C. The van der Waals surface area contributed by atoms with Crippen LogP contribution in [0.15, 0.2) is 60.7 Å². The molecule has 0 aliphatic heterocycles. The van der Waals surface area contributed by atoms with Crippen molar-refractivity contribution in [2.75, 3.05) is 0 Å². The van der Waals surface area contributed by atoms with E-state index in [0.29, 0.717) is 0 Å². The van der Waals surface area contributed by atoms with E-state index < -0.39 is 32.3 Å². The topological polar surface area (TPSA) is 0 Å². The Labute approximate surface area is 234 Å². The van der Waals surface area contributed by atoms with E-state index in [1.54, 1.807) is 20.7 Å². The van der Waals surface area contributed by atoms with Gasteiger partial charge in [-0.1, -0.05) is 160 Å². The lowest BCUT2D eigenvalue weighted by molar-refractivity contribution is 1.69. The van der Waals surface area contributed by atoms with E-state index in [4.69, 9.17) is 0 Å². The lowest BCUT2D eigenvalue weighted by atomic mass is 9.94. The molecule has 5 rings (SSSR count). The molecule has 0 amide bonds. The minimum absolute atomic E-state index is 1.36. The molecule has 0 fully saturated rings. The highest BCUT2D eigenvalue weighted by atomic mass is 28.3. The van der Waals surface area contributed by atoms with Gasteiger partial charge in [0, 0.05) is 0 Å². The Bertz CT molecular complexity index is 1730. The van der Waals surface area contributed by atoms with Crippen molar-refractivity contribution in [2.45, 2.75) is 78.6 Å². The first-order chi connectivity index (χ1) is 17.4. The van der Waals surface area contributed by atoms with Crippen molar-refractivity contribution in [2.24, 2.45) is 0 Å². The van der Waals surface area contributed by atoms with Crippen LogP contribution in [0.3, 0.4) is 0 Å². The smallest absolute Gasteiger partial charge is 0.0656 e. The molecule has 0 unspecified atom stereocenters. The number of benzene rings is 5. The maximum atomic E-state index is 2.61. The lowest BCUT2D eigenvalue weighted by Crippen LogP contribution is -2.56. The zero-order chi connectivity index (χ0) is 28.0. The highest BCUT2D eigenvalue weighted by molar-refractivity contribution is 6.99. The maximum absolute atomic E-state index is 2.61. The molecule has 0 aromatic heterocycles. The summed E-state index contributed by atoms with van der Waals surface area (Å²) >= 11 is 0. The summed E-state index contributed by atoms with van der Waals surface area (Å²) in [5.74, 6) is 0. The first-order valence-corrected chi connectivity index (χ1v) is 28.3. The molecule has 38 heavy (non-hydrogen) atoms. The van der Waals surface area contributed by atoms with Gasteiger partial charge in [0.2, 0.25) is 0 Å². The molecule has 0 N–H and O–H groups in total. The molecule has 0 atom stereocenters. The third kappa shape index (κ3) is 4.68. The van der Waals surface area contributed by atoms with E-state index in [2.05, 4.69) is 139 Å². The van der Waals surface area contributed by atoms with Crippen LogP contribution < -0.4 is 20.7 Å². The zero-order valence-corrected chi connectivity index (χ0v) is 29.8. The molecule has 0 nitrogen and oxygen atoms in total. The van der Waals surface area contributed by atoms with E-state index in [1.807, 2.05) is 0 Å². The van der Waals surface area contributed by atoms with Gasteiger partial charge < -0.3 is 0 Å². The lowest BCUT2D eigenvalue weighted by Gasteiger charge is -2.29. The van der Waals surface area contributed by atoms with Crippen LogP contribution in [0.1, 0.15) is 0 Å². The molecule has 0 saturated carbocycles. The van der Waals surface area contributed by atoms with E-state index in [9.17, 15) is 0 Å². The average molecular weight is 567 g/mol. The van der Waals surface area contributed by atoms with Gasteiger partial charge in [0.1, 0.15) is 0 Å². The maximum Gasteiger partial charge on any atom is 0.0774 e. The third-order valence-electron chi connectivity index (χ3n) is 8.32. The van der Waals surface area contributed by atoms with Gasteiger partial charge in [-0.25, -0.2) is 0 Å². The zero-order valence-electron chi connectivity index (χ0n) is 25.8. The van der Waals surface area contributed by atoms with Crippen molar-refractivity contribution in [3.63, 3.8) is 0 Å². The molecule has 0 radical (unpaired) electrons. The highest BCUT2D eigenvalue weighted by Gasteiger charge is 2.30. The number of hydrogen-bond acceptors (Lipinski definition) is 0. The van der Waals surface area contributed by atoms with E-state index in [1.165, 1.54) is 43.1 Å². The Kier molecular flexibility index (Phi) is 6.35. The number of hydrogen-bond donors (Lipinski definition) is 0. The van der Waals surface area contributed by atoms with Gasteiger partial charge in [-0.05, 0) is 43.1 Å². The summed E-state index contributed by atoms with van der Waals surface area (Å²) in [7, 11) is -5.93. The fourth-order valence-electron chi connectivity index (χ4n) is 6.28. The quantitative estimate of drug-likeness (QED) is 0.151. The monoisotopic (exact) mass is 566 g/mol. The molecule has 0 bridgehead atoms. The molecule has 0 heterocycles. The first-order valence-electron chi connectivity index (χ1n) is 14.3. The Balaban J connectivity index is 1.95. The summed E-state index contributed by atoms with van der Waals surface area (Å²) in [6.45, 7) is 30.1. The molecule has 5 aromatic rings. The second-order valence-corrected chi connectivity index (χ2v) is 35.8. The van der Waals surface area contributed by atoms with Crippen LogP contribution in [-0.2, 0) is 0 Å². The Morgan fingerprint density at radius 3 is 1.16 bits per heavy atom. The average Bonchev–Trinajstić information content (AvgIpc) is 2.79. The molecule has 198 valence electrons. The highest BCUT2D eigenvalue weighted by Crippen LogP contribution is 2.35. The van der Waals surface area contributed by atoms with Gasteiger partial charge >= 0.3 is 0 Å². The van der Waals surface area contributed by atoms with Gasteiger partial charge in [0.15, 0.2) is 0 Å². The van der Waals surface area contributed by atoms with Gasteiger partial charge in [-0.3, -0.25) is 0 Å². The summed E-state index contributed by atoms with van der Waals surface area (Å²) in [6, 6.07) is 24.7. The molecule has 4 heteroatoms. The Morgan fingerprint density at radius 1 is 0.316 bits per heavy atom. The van der Waals surface area contributed by atoms with E-state index in [-0.39, 0.29) is 0 Å². The van der Waals surface area contributed by atoms with Crippen LogP contribution in [0.5, 0.6) is 0 Å². The fourth-order valence-corrected chi connectivity index (χ4v) is 16.6. The normalized spacial score (nSPS) is 13.8. The summed E-state index contributed by atoms with van der Waals surface area (Å²) < 4.78 is 0. The second-order valence-electron chi connectivity index (χ2n) is 15.6. The third-order valence-corrected chi connectivity index (χ3v) is 16.9. The first kappa shape index (κ1) is 27.6. The van der Waals surface area contributed by atoms with Gasteiger partial charge in [0.25, 0.3) is 0 Å². The molecule has 0 saturated heterocycles. The van der Waals surface area contributed by atoms with Crippen LogP contribution in [0.2, 0.25) is 78.6 Å². The van der Waals surface area contributed by atoms with Crippen molar-refractivity contribution >= 4 is 96.1 Å². The van der Waals surface area contributed by atoms with Crippen molar-refractivity contribution in [1.29, 1.82) is 0 Å².